The van der Waals surface area contributed by atoms with E-state index in [9.17, 15) is 13.6 Å². The summed E-state index contributed by atoms with van der Waals surface area (Å²) in [5.41, 5.74) is 0.431. The van der Waals surface area contributed by atoms with Crippen LogP contribution < -0.4 is 10.2 Å². The number of hydrogen-bond donors (Lipinski definition) is 1. The first kappa shape index (κ1) is 20.0. The van der Waals surface area contributed by atoms with Gasteiger partial charge in [-0.2, -0.15) is 4.98 Å². The third kappa shape index (κ3) is 4.64. The van der Waals surface area contributed by atoms with Gasteiger partial charge >= 0.3 is 0 Å². The van der Waals surface area contributed by atoms with Gasteiger partial charge in [0.2, 0.25) is 5.91 Å². The predicted octanol–water partition coefficient (Wildman–Crippen LogP) is 4.33. The van der Waals surface area contributed by atoms with E-state index in [1.54, 1.807) is 0 Å². The number of aromatic nitrogens is 3. The van der Waals surface area contributed by atoms with Crippen LogP contribution in [0.5, 0.6) is 0 Å². The molecule has 1 N–H and O–H groups in total. The van der Waals surface area contributed by atoms with E-state index in [0.29, 0.717) is 16.6 Å². The molecule has 3 heterocycles. The van der Waals surface area contributed by atoms with Crippen LogP contribution in [-0.2, 0) is 4.79 Å². The van der Waals surface area contributed by atoms with Gasteiger partial charge in [-0.05, 0) is 30.9 Å². The average molecular weight is 436 g/mol. The molecule has 2 aromatic heterocycles. The van der Waals surface area contributed by atoms with E-state index in [4.69, 9.17) is 0 Å². The Morgan fingerprint density at radius 1 is 1.38 bits per heavy atom. The maximum absolute atomic E-state index is 13.7. The lowest BCUT2D eigenvalue weighted by atomic mass is 10.0. The molecule has 1 aliphatic rings. The molecule has 0 radical (unpaired) electrons. The fraction of sp³-hybridized carbons (Fsp3) is 0.368. The zero-order chi connectivity index (χ0) is 20.4. The number of carbonyl (C=O) groups is 1. The zero-order valence-corrected chi connectivity index (χ0v) is 17.3. The molecule has 152 valence electrons. The highest BCUT2D eigenvalue weighted by molar-refractivity contribution is 8.00. The van der Waals surface area contributed by atoms with Crippen LogP contribution in [-0.4, -0.2) is 39.7 Å². The summed E-state index contributed by atoms with van der Waals surface area (Å²) in [5, 5.41) is 3.96. The quantitative estimate of drug-likeness (QED) is 0.475. The Bertz CT molecular complexity index is 1040. The van der Waals surface area contributed by atoms with Gasteiger partial charge in [-0.25, -0.2) is 18.7 Å². The van der Waals surface area contributed by atoms with E-state index in [1.165, 1.54) is 35.8 Å². The highest BCUT2D eigenvalue weighted by Gasteiger charge is 2.21. The molecule has 10 heteroatoms. The standard InChI is InChI=1S/C19H19F2N5OS2/c1-11-3-2-6-26(8-11)19-25-17-16(29-19)18(23-10-22-17)28-9-15(27)24-14-7-12(20)4-5-13(14)21/h4-5,7,10-11H,2-3,6,8-9H2,1H3,(H,24,27)/t11-/m0/s1. The van der Waals surface area contributed by atoms with Crippen LogP contribution in [0.25, 0.3) is 10.3 Å². The van der Waals surface area contributed by atoms with Crippen LogP contribution in [0.2, 0.25) is 0 Å². The minimum Gasteiger partial charge on any atom is -0.348 e. The Morgan fingerprint density at radius 2 is 2.24 bits per heavy atom. The normalized spacial score (nSPS) is 16.9. The second-order valence-corrected chi connectivity index (χ2v) is 8.92. The van der Waals surface area contributed by atoms with Crippen LogP contribution in [0.1, 0.15) is 19.8 Å². The second kappa shape index (κ2) is 8.58. The molecule has 1 atom stereocenters. The van der Waals surface area contributed by atoms with Gasteiger partial charge in [0.15, 0.2) is 10.8 Å². The van der Waals surface area contributed by atoms with Gasteiger partial charge in [-0.3, -0.25) is 4.79 Å². The lowest BCUT2D eigenvalue weighted by molar-refractivity contribution is -0.113. The molecule has 0 spiro atoms. The van der Waals surface area contributed by atoms with Crippen LogP contribution in [0.4, 0.5) is 19.6 Å². The third-order valence-electron chi connectivity index (χ3n) is 4.62. The number of benzene rings is 1. The highest BCUT2D eigenvalue weighted by Crippen LogP contribution is 2.35. The van der Waals surface area contributed by atoms with Crippen molar-refractivity contribution >= 4 is 50.2 Å². The molecule has 0 unspecified atom stereocenters. The first-order chi connectivity index (χ1) is 14.0. The van der Waals surface area contributed by atoms with Crippen molar-refractivity contribution in [2.45, 2.75) is 24.8 Å². The largest absolute Gasteiger partial charge is 0.348 e. The zero-order valence-electron chi connectivity index (χ0n) is 15.7. The van der Waals surface area contributed by atoms with Gasteiger partial charge in [-0.1, -0.05) is 30.0 Å². The molecule has 6 nitrogen and oxygen atoms in total. The van der Waals surface area contributed by atoms with Gasteiger partial charge in [0.25, 0.3) is 0 Å². The van der Waals surface area contributed by atoms with Crippen LogP contribution in [0.3, 0.4) is 0 Å². The smallest absolute Gasteiger partial charge is 0.234 e. The Morgan fingerprint density at radius 3 is 3.07 bits per heavy atom. The summed E-state index contributed by atoms with van der Waals surface area (Å²) in [6, 6.07) is 2.93. The van der Waals surface area contributed by atoms with Crippen molar-refractivity contribution in [3.63, 3.8) is 0 Å². The fourth-order valence-electron chi connectivity index (χ4n) is 3.24. The molecule has 1 aliphatic heterocycles. The van der Waals surface area contributed by atoms with E-state index in [0.717, 1.165) is 47.5 Å². The summed E-state index contributed by atoms with van der Waals surface area (Å²) in [4.78, 5) is 27.6. The summed E-state index contributed by atoms with van der Waals surface area (Å²) in [6.07, 6.45) is 3.79. The SMILES string of the molecule is C[C@H]1CCCN(c2nc3ncnc(SCC(=O)Nc4cc(F)ccc4F)c3s2)C1. The number of hydrogen-bond acceptors (Lipinski definition) is 7. The number of carbonyl (C=O) groups excluding carboxylic acids is 1. The Balaban J connectivity index is 1.46. The van der Waals surface area contributed by atoms with Crippen molar-refractivity contribution < 1.29 is 13.6 Å². The van der Waals surface area contributed by atoms with E-state index in [-0.39, 0.29) is 11.4 Å². The van der Waals surface area contributed by atoms with Gasteiger partial charge < -0.3 is 10.2 Å². The minimum absolute atomic E-state index is 0.00997. The van der Waals surface area contributed by atoms with Gasteiger partial charge in [0.1, 0.15) is 27.7 Å². The van der Waals surface area contributed by atoms with Gasteiger partial charge in [0.05, 0.1) is 11.4 Å². The maximum atomic E-state index is 13.7. The fourth-order valence-corrected chi connectivity index (χ4v) is 5.16. The number of anilines is 2. The van der Waals surface area contributed by atoms with Gasteiger partial charge in [-0.15, -0.1) is 0 Å². The summed E-state index contributed by atoms with van der Waals surface area (Å²) in [5.74, 6) is -1.10. The Kier molecular flexibility index (Phi) is 5.91. The summed E-state index contributed by atoms with van der Waals surface area (Å²) in [6.45, 7) is 4.18. The molecule has 1 amide bonds. The monoisotopic (exact) mass is 435 g/mol. The van der Waals surface area contributed by atoms with E-state index < -0.39 is 17.5 Å². The van der Waals surface area contributed by atoms with Crippen molar-refractivity contribution in [1.29, 1.82) is 0 Å². The number of rotatable bonds is 5. The highest BCUT2D eigenvalue weighted by atomic mass is 32.2. The molecule has 0 bridgehead atoms. The van der Waals surface area contributed by atoms with E-state index >= 15 is 0 Å². The number of piperidine rings is 1. The van der Waals surface area contributed by atoms with Crippen LogP contribution >= 0.6 is 23.1 Å². The number of amides is 1. The first-order valence-electron chi connectivity index (χ1n) is 9.24. The summed E-state index contributed by atoms with van der Waals surface area (Å²) >= 11 is 2.74. The number of fused-ring (bicyclic) bond motifs is 1. The number of thioether (sulfide) groups is 1. The number of nitrogens with zero attached hydrogens (tertiary/aromatic N) is 4. The number of thiazole rings is 1. The molecule has 1 fully saturated rings. The van der Waals surface area contributed by atoms with Crippen molar-refractivity contribution in [2.75, 3.05) is 29.1 Å². The molecule has 3 aromatic rings. The topological polar surface area (TPSA) is 71.0 Å². The molecule has 0 aliphatic carbocycles. The lowest BCUT2D eigenvalue weighted by Gasteiger charge is -2.30. The molecule has 1 aromatic carbocycles. The average Bonchev–Trinajstić information content (AvgIpc) is 3.14. The number of halogens is 2. The summed E-state index contributed by atoms with van der Waals surface area (Å²) in [7, 11) is 0. The molecular weight excluding hydrogens is 416 g/mol. The van der Waals surface area contributed by atoms with E-state index in [2.05, 4.69) is 32.1 Å². The summed E-state index contributed by atoms with van der Waals surface area (Å²) < 4.78 is 27.8. The molecular formula is C19H19F2N5OS2. The van der Waals surface area contributed by atoms with Crippen molar-refractivity contribution in [3.05, 3.63) is 36.2 Å². The number of nitrogens with one attached hydrogen (secondary N) is 1. The van der Waals surface area contributed by atoms with Crippen LogP contribution in [0, 0.1) is 17.6 Å². The predicted molar refractivity (Wildman–Crippen MR) is 112 cm³/mol. The minimum atomic E-state index is -0.683. The lowest BCUT2D eigenvalue weighted by Crippen LogP contribution is -2.34. The first-order valence-corrected chi connectivity index (χ1v) is 11.0. The van der Waals surface area contributed by atoms with Crippen LogP contribution in [0.15, 0.2) is 29.6 Å². The Labute approximate surface area is 174 Å². The molecule has 0 saturated carbocycles. The van der Waals surface area contributed by atoms with E-state index in [1.807, 2.05) is 0 Å². The molecule has 1 saturated heterocycles. The third-order valence-corrected chi connectivity index (χ3v) is 6.85. The van der Waals surface area contributed by atoms with Crippen molar-refractivity contribution in [3.8, 4) is 0 Å². The van der Waals surface area contributed by atoms with Gasteiger partial charge in [0, 0.05) is 19.2 Å². The second-order valence-electron chi connectivity index (χ2n) is 6.98. The molecule has 4 rings (SSSR count). The maximum Gasteiger partial charge on any atom is 0.234 e. The Hall–Kier alpha value is -2.33. The van der Waals surface area contributed by atoms with Crippen molar-refractivity contribution in [1.82, 2.24) is 15.0 Å². The molecule has 29 heavy (non-hydrogen) atoms. The van der Waals surface area contributed by atoms with Crippen molar-refractivity contribution in [2.24, 2.45) is 5.92 Å².